The molecule has 25 heavy (non-hydrogen) atoms. The van der Waals surface area contributed by atoms with Crippen LogP contribution in [0.2, 0.25) is 10.0 Å². The Morgan fingerprint density at radius 3 is 2.56 bits per heavy atom. The predicted molar refractivity (Wildman–Crippen MR) is 103 cm³/mol. The first-order chi connectivity index (χ1) is 12.0. The number of benzene rings is 2. The molecule has 126 valence electrons. The number of nitrogens with zero attached hydrogens (tertiary/aromatic N) is 1. The zero-order valence-electron chi connectivity index (χ0n) is 13.4. The number of fused-ring (bicyclic) bond motifs is 1. The molecular weight excluding hydrogens is 357 g/mol. The Labute approximate surface area is 155 Å². The molecule has 1 aromatic heterocycles. The molecule has 0 atom stereocenters. The molecule has 3 aromatic rings. The van der Waals surface area contributed by atoms with E-state index in [-0.39, 0.29) is 5.91 Å². The minimum atomic E-state index is -0.275. The van der Waals surface area contributed by atoms with Crippen molar-refractivity contribution in [1.29, 1.82) is 0 Å². The molecule has 2 aromatic carbocycles. The van der Waals surface area contributed by atoms with Gasteiger partial charge in [-0.3, -0.25) is 20.6 Å². The molecule has 2 N–H and O–H groups in total. The molecule has 6 heteroatoms. The van der Waals surface area contributed by atoms with Crippen molar-refractivity contribution >= 4 is 45.7 Å². The number of hydrazine groups is 1. The summed E-state index contributed by atoms with van der Waals surface area (Å²) in [7, 11) is 0. The molecule has 0 aliphatic carbocycles. The van der Waals surface area contributed by atoms with Gasteiger partial charge in [-0.15, -0.1) is 0 Å². The lowest BCUT2D eigenvalue weighted by molar-refractivity contribution is 0.0944. The SMILES string of the molecule is C=C(NNC(=O)c1cc(C)nc2ccccc12)c1ccc(Cl)c(Cl)c1. The van der Waals surface area contributed by atoms with Crippen LogP contribution >= 0.6 is 23.2 Å². The van der Waals surface area contributed by atoms with Gasteiger partial charge in [0.1, 0.15) is 0 Å². The van der Waals surface area contributed by atoms with Crippen LogP contribution in [0.15, 0.2) is 55.1 Å². The third kappa shape index (κ3) is 3.76. The number of aryl methyl sites for hydroxylation is 1. The van der Waals surface area contributed by atoms with Gasteiger partial charge in [0.2, 0.25) is 0 Å². The Bertz CT molecular complexity index is 986. The van der Waals surface area contributed by atoms with Crippen LogP contribution in [0.1, 0.15) is 21.6 Å². The van der Waals surface area contributed by atoms with Crippen LogP contribution in [-0.4, -0.2) is 10.9 Å². The van der Waals surface area contributed by atoms with Gasteiger partial charge in [-0.1, -0.05) is 54.0 Å². The average molecular weight is 372 g/mol. The van der Waals surface area contributed by atoms with Gasteiger partial charge in [0, 0.05) is 16.6 Å². The number of aromatic nitrogens is 1. The number of carbonyl (C=O) groups excluding carboxylic acids is 1. The van der Waals surface area contributed by atoms with Crippen molar-refractivity contribution in [3.63, 3.8) is 0 Å². The van der Waals surface area contributed by atoms with Gasteiger partial charge in [-0.25, -0.2) is 0 Å². The summed E-state index contributed by atoms with van der Waals surface area (Å²) in [6.45, 7) is 5.75. The quantitative estimate of drug-likeness (QED) is 0.650. The highest BCUT2D eigenvalue weighted by molar-refractivity contribution is 6.42. The van der Waals surface area contributed by atoms with E-state index in [0.717, 1.165) is 22.2 Å². The van der Waals surface area contributed by atoms with E-state index in [1.54, 1.807) is 24.3 Å². The number of nitrogens with one attached hydrogen (secondary N) is 2. The summed E-state index contributed by atoms with van der Waals surface area (Å²) in [6.07, 6.45) is 0. The molecule has 0 spiro atoms. The van der Waals surface area contributed by atoms with Gasteiger partial charge in [-0.05, 0) is 31.2 Å². The van der Waals surface area contributed by atoms with E-state index in [0.29, 0.717) is 21.3 Å². The number of hydrogen-bond acceptors (Lipinski definition) is 3. The molecule has 1 heterocycles. The van der Waals surface area contributed by atoms with E-state index in [1.165, 1.54) is 0 Å². The molecule has 0 bridgehead atoms. The number of halogens is 2. The lowest BCUT2D eigenvalue weighted by Crippen LogP contribution is -2.36. The average Bonchev–Trinajstić information content (AvgIpc) is 2.60. The molecule has 4 nitrogen and oxygen atoms in total. The Kier molecular flexibility index (Phi) is 4.93. The lowest BCUT2D eigenvalue weighted by Gasteiger charge is -2.13. The second-order valence-electron chi connectivity index (χ2n) is 5.51. The molecular formula is C19H15Cl2N3O. The Morgan fingerprint density at radius 1 is 1.04 bits per heavy atom. The summed E-state index contributed by atoms with van der Waals surface area (Å²) < 4.78 is 0. The number of amides is 1. The summed E-state index contributed by atoms with van der Waals surface area (Å²) in [5.74, 6) is -0.275. The number of para-hydroxylation sites is 1. The fourth-order valence-electron chi connectivity index (χ4n) is 2.45. The highest BCUT2D eigenvalue weighted by Crippen LogP contribution is 2.24. The van der Waals surface area contributed by atoms with Crippen LogP contribution < -0.4 is 10.9 Å². The van der Waals surface area contributed by atoms with Gasteiger partial charge in [0.25, 0.3) is 5.91 Å². The first-order valence-corrected chi connectivity index (χ1v) is 8.28. The lowest BCUT2D eigenvalue weighted by atomic mass is 10.1. The fourth-order valence-corrected chi connectivity index (χ4v) is 2.75. The van der Waals surface area contributed by atoms with E-state index in [9.17, 15) is 4.79 Å². The Hall–Kier alpha value is -2.56. The normalized spacial score (nSPS) is 10.5. The fraction of sp³-hybridized carbons (Fsp3) is 0.0526. The predicted octanol–water partition coefficient (Wildman–Crippen LogP) is 4.76. The molecule has 0 fully saturated rings. The first-order valence-electron chi connectivity index (χ1n) is 7.53. The zero-order valence-corrected chi connectivity index (χ0v) is 14.9. The third-order valence-electron chi connectivity index (χ3n) is 3.68. The maximum atomic E-state index is 12.6. The topological polar surface area (TPSA) is 54.0 Å². The molecule has 3 rings (SSSR count). The zero-order chi connectivity index (χ0) is 18.0. The van der Waals surface area contributed by atoms with Crippen molar-refractivity contribution in [2.75, 3.05) is 0 Å². The number of rotatable bonds is 4. The van der Waals surface area contributed by atoms with E-state index >= 15 is 0 Å². The van der Waals surface area contributed by atoms with E-state index < -0.39 is 0 Å². The maximum Gasteiger partial charge on any atom is 0.270 e. The Morgan fingerprint density at radius 2 is 1.80 bits per heavy atom. The van der Waals surface area contributed by atoms with Gasteiger partial charge < -0.3 is 0 Å². The second kappa shape index (κ2) is 7.13. The third-order valence-corrected chi connectivity index (χ3v) is 4.42. The highest BCUT2D eigenvalue weighted by atomic mass is 35.5. The number of carbonyl (C=O) groups is 1. The summed E-state index contributed by atoms with van der Waals surface area (Å²) in [4.78, 5) is 17.0. The van der Waals surface area contributed by atoms with Crippen LogP contribution in [-0.2, 0) is 0 Å². The summed E-state index contributed by atoms with van der Waals surface area (Å²) in [5, 5.41) is 1.66. The standard InChI is InChI=1S/C19H15Cl2N3O/c1-11-9-15(14-5-3-4-6-18(14)22-11)19(25)24-23-12(2)13-7-8-16(20)17(21)10-13/h3-10,23H,2H2,1H3,(H,24,25). The van der Waals surface area contributed by atoms with Crippen molar-refractivity contribution < 1.29 is 4.79 Å². The van der Waals surface area contributed by atoms with Gasteiger partial charge >= 0.3 is 0 Å². The minimum absolute atomic E-state index is 0.275. The smallest absolute Gasteiger partial charge is 0.270 e. The maximum absolute atomic E-state index is 12.6. The van der Waals surface area contributed by atoms with Crippen molar-refractivity contribution in [2.24, 2.45) is 0 Å². The van der Waals surface area contributed by atoms with Crippen molar-refractivity contribution in [3.05, 3.63) is 82.0 Å². The number of hydrogen-bond donors (Lipinski definition) is 2. The van der Waals surface area contributed by atoms with Crippen LogP contribution in [0.25, 0.3) is 16.6 Å². The molecule has 0 unspecified atom stereocenters. The van der Waals surface area contributed by atoms with Crippen molar-refractivity contribution in [3.8, 4) is 0 Å². The largest absolute Gasteiger partial charge is 0.298 e. The van der Waals surface area contributed by atoms with Crippen LogP contribution in [0, 0.1) is 6.92 Å². The molecule has 1 amide bonds. The van der Waals surface area contributed by atoms with Crippen LogP contribution in [0.5, 0.6) is 0 Å². The summed E-state index contributed by atoms with van der Waals surface area (Å²) in [6, 6.07) is 14.4. The van der Waals surface area contributed by atoms with Crippen molar-refractivity contribution in [1.82, 2.24) is 15.8 Å². The molecule has 0 aliphatic heterocycles. The van der Waals surface area contributed by atoms with E-state index in [1.807, 2.05) is 31.2 Å². The summed E-state index contributed by atoms with van der Waals surface area (Å²) in [5.41, 5.74) is 8.78. The first kappa shape index (κ1) is 17.3. The second-order valence-corrected chi connectivity index (χ2v) is 6.33. The van der Waals surface area contributed by atoms with Gasteiger partial charge in [0.15, 0.2) is 0 Å². The van der Waals surface area contributed by atoms with Crippen molar-refractivity contribution in [2.45, 2.75) is 6.92 Å². The highest BCUT2D eigenvalue weighted by Gasteiger charge is 2.12. The van der Waals surface area contributed by atoms with Gasteiger partial charge in [0.05, 0.1) is 26.8 Å². The van der Waals surface area contributed by atoms with E-state index in [4.69, 9.17) is 23.2 Å². The minimum Gasteiger partial charge on any atom is -0.298 e. The molecule has 0 saturated carbocycles. The monoisotopic (exact) mass is 371 g/mol. The molecule has 0 radical (unpaired) electrons. The van der Waals surface area contributed by atoms with Gasteiger partial charge in [-0.2, -0.15) is 0 Å². The Balaban J connectivity index is 1.79. The molecule has 0 saturated heterocycles. The van der Waals surface area contributed by atoms with E-state index in [2.05, 4.69) is 22.4 Å². The van der Waals surface area contributed by atoms with Crippen LogP contribution in [0.4, 0.5) is 0 Å². The molecule has 0 aliphatic rings. The summed E-state index contributed by atoms with van der Waals surface area (Å²) >= 11 is 11.9. The van der Waals surface area contributed by atoms with Crippen LogP contribution in [0.3, 0.4) is 0 Å². The number of pyridine rings is 1.